The van der Waals surface area contributed by atoms with E-state index in [-0.39, 0.29) is 18.4 Å². The Bertz CT molecular complexity index is 604. The first-order valence-electron chi connectivity index (χ1n) is 8.00. The SMILES string of the molecule is COc1ccc(CNC(=O)/C=C/C(=O)NCC(C)(O)C2CC2)cc1. The Balaban J connectivity index is 1.70. The molecule has 0 radical (unpaired) electrons. The van der Waals surface area contributed by atoms with Crippen molar-refractivity contribution in [3.8, 4) is 5.75 Å². The molecule has 1 atom stereocenters. The lowest BCUT2D eigenvalue weighted by molar-refractivity contribution is -0.119. The first-order valence-corrected chi connectivity index (χ1v) is 8.00. The molecule has 1 aliphatic rings. The number of hydrogen-bond acceptors (Lipinski definition) is 4. The van der Waals surface area contributed by atoms with Crippen molar-refractivity contribution >= 4 is 11.8 Å². The van der Waals surface area contributed by atoms with E-state index in [0.29, 0.717) is 6.54 Å². The maximum atomic E-state index is 11.7. The molecule has 2 rings (SSSR count). The van der Waals surface area contributed by atoms with Gasteiger partial charge < -0.3 is 20.5 Å². The standard InChI is InChI=1S/C18H24N2O4/c1-18(23,14-5-6-14)12-20-17(22)10-9-16(21)19-11-13-3-7-15(24-2)8-4-13/h3-4,7-10,14,23H,5-6,11-12H2,1-2H3,(H,19,21)(H,20,22)/b10-9+. The van der Waals surface area contributed by atoms with Crippen LogP contribution in [-0.2, 0) is 16.1 Å². The van der Waals surface area contributed by atoms with E-state index in [2.05, 4.69) is 10.6 Å². The molecule has 24 heavy (non-hydrogen) atoms. The van der Waals surface area contributed by atoms with Crippen LogP contribution in [0.2, 0.25) is 0 Å². The summed E-state index contributed by atoms with van der Waals surface area (Å²) in [5, 5.41) is 15.4. The largest absolute Gasteiger partial charge is 0.497 e. The van der Waals surface area contributed by atoms with Gasteiger partial charge in [-0.05, 0) is 43.4 Å². The molecular weight excluding hydrogens is 308 g/mol. The number of nitrogens with one attached hydrogen (secondary N) is 2. The summed E-state index contributed by atoms with van der Waals surface area (Å²) in [6, 6.07) is 7.35. The molecule has 0 heterocycles. The summed E-state index contributed by atoms with van der Waals surface area (Å²) in [7, 11) is 1.59. The van der Waals surface area contributed by atoms with Crippen molar-refractivity contribution in [3.63, 3.8) is 0 Å². The maximum absolute atomic E-state index is 11.7. The first-order chi connectivity index (χ1) is 11.4. The molecule has 1 aromatic rings. The Labute approximate surface area is 141 Å². The van der Waals surface area contributed by atoms with Crippen LogP contribution in [0.1, 0.15) is 25.3 Å². The molecule has 0 saturated heterocycles. The zero-order valence-corrected chi connectivity index (χ0v) is 14.0. The van der Waals surface area contributed by atoms with Crippen LogP contribution >= 0.6 is 0 Å². The lowest BCUT2D eigenvalue weighted by atomic mass is 10.0. The van der Waals surface area contributed by atoms with E-state index in [1.165, 1.54) is 12.2 Å². The average Bonchev–Trinajstić information content (AvgIpc) is 3.42. The molecule has 0 aliphatic heterocycles. The molecule has 3 N–H and O–H groups in total. The molecular formula is C18H24N2O4. The van der Waals surface area contributed by atoms with Gasteiger partial charge in [0.15, 0.2) is 0 Å². The minimum Gasteiger partial charge on any atom is -0.497 e. The van der Waals surface area contributed by atoms with E-state index in [1.807, 2.05) is 24.3 Å². The highest BCUT2D eigenvalue weighted by molar-refractivity contribution is 5.96. The predicted molar refractivity (Wildman–Crippen MR) is 90.3 cm³/mol. The minimum atomic E-state index is -0.875. The van der Waals surface area contributed by atoms with Crippen molar-refractivity contribution in [2.45, 2.75) is 31.9 Å². The summed E-state index contributed by atoms with van der Waals surface area (Å²) in [5.74, 6) is 0.267. The van der Waals surface area contributed by atoms with Crippen LogP contribution < -0.4 is 15.4 Å². The Morgan fingerprint density at radius 3 is 2.33 bits per heavy atom. The van der Waals surface area contributed by atoms with Crippen molar-refractivity contribution in [3.05, 3.63) is 42.0 Å². The van der Waals surface area contributed by atoms with Gasteiger partial charge in [0, 0.05) is 25.2 Å². The van der Waals surface area contributed by atoms with E-state index < -0.39 is 11.5 Å². The molecule has 1 aliphatic carbocycles. The van der Waals surface area contributed by atoms with Gasteiger partial charge in [-0.1, -0.05) is 12.1 Å². The van der Waals surface area contributed by atoms with Gasteiger partial charge in [0.05, 0.1) is 12.7 Å². The zero-order chi connectivity index (χ0) is 17.6. The van der Waals surface area contributed by atoms with Crippen LogP contribution in [0, 0.1) is 5.92 Å². The van der Waals surface area contributed by atoms with Crippen LogP contribution in [0.25, 0.3) is 0 Å². The molecule has 0 spiro atoms. The quantitative estimate of drug-likeness (QED) is 0.623. The van der Waals surface area contributed by atoms with E-state index in [4.69, 9.17) is 4.74 Å². The number of carbonyl (C=O) groups is 2. The van der Waals surface area contributed by atoms with Crippen LogP contribution in [-0.4, -0.2) is 36.2 Å². The average molecular weight is 332 g/mol. The third-order valence-corrected chi connectivity index (χ3v) is 4.09. The summed E-state index contributed by atoms with van der Waals surface area (Å²) in [4.78, 5) is 23.4. The smallest absolute Gasteiger partial charge is 0.244 e. The fourth-order valence-electron chi connectivity index (χ4n) is 2.32. The van der Waals surface area contributed by atoms with E-state index in [0.717, 1.165) is 24.2 Å². The summed E-state index contributed by atoms with van der Waals surface area (Å²) in [6.45, 7) is 2.27. The highest BCUT2D eigenvalue weighted by atomic mass is 16.5. The van der Waals surface area contributed by atoms with Crippen LogP contribution in [0.3, 0.4) is 0 Å². The Kier molecular flexibility index (Phi) is 5.98. The van der Waals surface area contributed by atoms with Gasteiger partial charge in [-0.15, -0.1) is 0 Å². The van der Waals surface area contributed by atoms with Gasteiger partial charge in [-0.25, -0.2) is 0 Å². The highest BCUT2D eigenvalue weighted by Crippen LogP contribution is 2.38. The predicted octanol–water partition coefficient (Wildman–Crippen LogP) is 1.14. The summed E-state index contributed by atoms with van der Waals surface area (Å²) < 4.78 is 5.06. The second kappa shape index (κ2) is 7.97. The molecule has 1 unspecified atom stereocenters. The maximum Gasteiger partial charge on any atom is 0.244 e. The van der Waals surface area contributed by atoms with Gasteiger partial charge in [0.1, 0.15) is 5.75 Å². The Morgan fingerprint density at radius 1 is 1.21 bits per heavy atom. The summed E-state index contributed by atoms with van der Waals surface area (Å²) in [5.41, 5.74) is 0.0580. The van der Waals surface area contributed by atoms with Crippen molar-refractivity contribution in [2.75, 3.05) is 13.7 Å². The van der Waals surface area contributed by atoms with Gasteiger partial charge in [0.25, 0.3) is 0 Å². The fraction of sp³-hybridized carbons (Fsp3) is 0.444. The van der Waals surface area contributed by atoms with Crippen molar-refractivity contribution in [2.24, 2.45) is 5.92 Å². The third-order valence-electron chi connectivity index (χ3n) is 4.09. The fourth-order valence-corrected chi connectivity index (χ4v) is 2.32. The lowest BCUT2D eigenvalue weighted by Gasteiger charge is -2.22. The van der Waals surface area contributed by atoms with E-state index in [1.54, 1.807) is 14.0 Å². The number of methoxy groups -OCH3 is 1. The number of ether oxygens (including phenoxy) is 1. The van der Waals surface area contributed by atoms with Crippen molar-refractivity contribution in [1.82, 2.24) is 10.6 Å². The number of rotatable bonds is 8. The number of benzene rings is 1. The van der Waals surface area contributed by atoms with Gasteiger partial charge in [-0.2, -0.15) is 0 Å². The normalized spacial score (nSPS) is 16.5. The number of aliphatic hydroxyl groups is 1. The lowest BCUT2D eigenvalue weighted by Crippen LogP contribution is -2.41. The monoisotopic (exact) mass is 332 g/mol. The van der Waals surface area contributed by atoms with Crippen molar-refractivity contribution in [1.29, 1.82) is 0 Å². The molecule has 0 aromatic heterocycles. The highest BCUT2D eigenvalue weighted by Gasteiger charge is 2.39. The number of carbonyl (C=O) groups excluding carboxylic acids is 2. The molecule has 1 aromatic carbocycles. The number of hydrogen-bond donors (Lipinski definition) is 3. The van der Waals surface area contributed by atoms with E-state index in [9.17, 15) is 14.7 Å². The Hall–Kier alpha value is -2.34. The molecule has 2 amide bonds. The van der Waals surface area contributed by atoms with Crippen LogP contribution in [0.5, 0.6) is 5.75 Å². The Morgan fingerprint density at radius 2 is 1.79 bits per heavy atom. The summed E-state index contributed by atoms with van der Waals surface area (Å²) in [6.07, 6.45) is 4.34. The summed E-state index contributed by atoms with van der Waals surface area (Å²) >= 11 is 0. The molecule has 1 saturated carbocycles. The molecule has 6 heteroatoms. The molecule has 130 valence electrons. The van der Waals surface area contributed by atoms with Gasteiger partial charge in [0.2, 0.25) is 11.8 Å². The number of amides is 2. The van der Waals surface area contributed by atoms with E-state index >= 15 is 0 Å². The zero-order valence-electron chi connectivity index (χ0n) is 14.0. The topological polar surface area (TPSA) is 87.7 Å². The third kappa shape index (κ3) is 5.70. The minimum absolute atomic E-state index is 0.189. The molecule has 1 fully saturated rings. The van der Waals surface area contributed by atoms with Gasteiger partial charge in [-0.3, -0.25) is 9.59 Å². The second-order valence-electron chi connectivity index (χ2n) is 6.25. The van der Waals surface area contributed by atoms with Crippen LogP contribution in [0.15, 0.2) is 36.4 Å². The van der Waals surface area contributed by atoms with Crippen molar-refractivity contribution < 1.29 is 19.4 Å². The first kappa shape index (κ1) is 18.0. The van der Waals surface area contributed by atoms with Gasteiger partial charge >= 0.3 is 0 Å². The second-order valence-corrected chi connectivity index (χ2v) is 6.25. The molecule has 0 bridgehead atoms. The molecule has 6 nitrogen and oxygen atoms in total. The van der Waals surface area contributed by atoms with Crippen LogP contribution in [0.4, 0.5) is 0 Å².